The Morgan fingerprint density at radius 3 is 2.73 bits per heavy atom. The number of amides is 1. The molecular weight excluding hydrogens is 439 g/mol. The summed E-state index contributed by atoms with van der Waals surface area (Å²) < 4.78 is 46.9. The maximum atomic E-state index is 13.4. The van der Waals surface area contributed by atoms with Crippen LogP contribution < -0.4 is 16.4 Å². The van der Waals surface area contributed by atoms with Gasteiger partial charge in [-0.05, 0) is 23.8 Å². The summed E-state index contributed by atoms with van der Waals surface area (Å²) in [5.41, 5.74) is 6.90. The van der Waals surface area contributed by atoms with E-state index in [0.29, 0.717) is 22.5 Å². The number of alkyl halides is 3. The van der Waals surface area contributed by atoms with Gasteiger partial charge in [-0.3, -0.25) is 4.79 Å². The minimum Gasteiger partial charge on any atom is -0.401 e. The molecule has 2 aromatic carbocycles. The van der Waals surface area contributed by atoms with Crippen molar-refractivity contribution in [3.05, 3.63) is 71.4 Å². The van der Waals surface area contributed by atoms with Crippen LogP contribution in [0.25, 0.3) is 17.3 Å². The van der Waals surface area contributed by atoms with Crippen LogP contribution in [0.3, 0.4) is 0 Å². The molecule has 0 saturated carbocycles. The maximum Gasteiger partial charge on any atom is 0.435 e. The van der Waals surface area contributed by atoms with E-state index < -0.39 is 23.8 Å². The van der Waals surface area contributed by atoms with Crippen molar-refractivity contribution >= 4 is 17.6 Å². The Hall–Kier alpha value is -4.19. The molecule has 1 amide bonds. The second kappa shape index (κ2) is 7.74. The summed E-state index contributed by atoms with van der Waals surface area (Å²) in [6.07, 6.45) is -4.68. The molecule has 4 aromatic rings. The van der Waals surface area contributed by atoms with Crippen LogP contribution in [0.5, 0.6) is 0 Å². The van der Waals surface area contributed by atoms with Gasteiger partial charge < -0.3 is 20.8 Å². The monoisotopic (exact) mass is 455 g/mol. The van der Waals surface area contributed by atoms with Crippen LogP contribution in [-0.2, 0) is 17.5 Å². The van der Waals surface area contributed by atoms with E-state index in [4.69, 9.17) is 10.2 Å². The number of benzene rings is 2. The van der Waals surface area contributed by atoms with E-state index in [1.165, 1.54) is 0 Å². The Morgan fingerprint density at radius 2 is 1.91 bits per heavy atom. The lowest BCUT2D eigenvalue weighted by Gasteiger charge is -2.16. The maximum absolute atomic E-state index is 13.4. The number of halogens is 3. The van der Waals surface area contributed by atoms with Crippen molar-refractivity contribution in [2.75, 3.05) is 5.32 Å². The molecule has 0 saturated heterocycles. The lowest BCUT2D eigenvalue weighted by atomic mass is 10.0. The van der Waals surface area contributed by atoms with E-state index in [9.17, 15) is 18.0 Å². The van der Waals surface area contributed by atoms with Crippen molar-refractivity contribution < 1.29 is 22.4 Å². The molecule has 0 radical (unpaired) electrons. The molecule has 1 aliphatic heterocycles. The van der Waals surface area contributed by atoms with Gasteiger partial charge in [-0.25, -0.2) is 4.68 Å². The second-order valence-electron chi connectivity index (χ2n) is 7.31. The number of fused-ring (bicyclic) bond motifs is 8. The predicted octanol–water partition coefficient (Wildman–Crippen LogP) is 3.31. The summed E-state index contributed by atoms with van der Waals surface area (Å²) in [5, 5.41) is 17.1. The number of hydrogen-bond acceptors (Lipinski definition) is 7. The van der Waals surface area contributed by atoms with Crippen LogP contribution in [0.15, 0.2) is 59.0 Å². The zero-order chi connectivity index (χ0) is 23.2. The van der Waals surface area contributed by atoms with E-state index in [0.717, 1.165) is 10.7 Å². The molecule has 9 nitrogen and oxygen atoms in total. The molecule has 3 heterocycles. The van der Waals surface area contributed by atoms with Gasteiger partial charge in [0.15, 0.2) is 5.69 Å². The normalized spacial score (nSPS) is 16.0. The minimum atomic E-state index is -4.68. The Bertz CT molecular complexity index is 1350. The van der Waals surface area contributed by atoms with Crippen molar-refractivity contribution in [3.8, 4) is 17.3 Å². The van der Waals surface area contributed by atoms with Crippen LogP contribution in [-0.4, -0.2) is 25.9 Å². The van der Waals surface area contributed by atoms with Crippen LogP contribution in [0, 0.1) is 0 Å². The zero-order valence-corrected chi connectivity index (χ0v) is 16.8. The average molecular weight is 455 g/mol. The number of anilines is 2. The van der Waals surface area contributed by atoms with Crippen molar-refractivity contribution in [2.24, 2.45) is 5.73 Å². The molecule has 33 heavy (non-hydrogen) atoms. The fourth-order valence-electron chi connectivity index (χ4n) is 3.48. The molecule has 1 atom stereocenters. The smallest absolute Gasteiger partial charge is 0.401 e. The van der Waals surface area contributed by atoms with Gasteiger partial charge in [-0.2, -0.15) is 18.3 Å². The topological polar surface area (TPSA) is 124 Å². The Labute approximate surface area is 184 Å². The van der Waals surface area contributed by atoms with E-state index in [1.807, 2.05) is 0 Å². The average Bonchev–Trinajstić information content (AvgIpc) is 3.44. The molecule has 5 rings (SSSR count). The molecule has 4 N–H and O–H groups in total. The summed E-state index contributed by atoms with van der Waals surface area (Å²) in [4.78, 5) is 12.7. The number of para-hydroxylation sites is 1. The molecule has 0 aliphatic carbocycles. The SMILES string of the molecule is N[C@@H]1C(=O)NCc2cccc(c2)-n2nc(C(F)(F)F)cc2-c2nnc(o2)Nc2ccccc21. The number of aromatic nitrogens is 4. The summed E-state index contributed by atoms with van der Waals surface area (Å²) in [7, 11) is 0. The number of nitrogens with one attached hydrogen (secondary N) is 2. The minimum absolute atomic E-state index is 0.0380. The Balaban J connectivity index is 1.69. The molecule has 0 unspecified atom stereocenters. The van der Waals surface area contributed by atoms with Crippen LogP contribution >= 0.6 is 0 Å². The quantitative estimate of drug-likeness (QED) is 0.372. The van der Waals surface area contributed by atoms with Crippen LogP contribution in [0.1, 0.15) is 22.9 Å². The number of nitrogens with two attached hydrogens (primary N) is 1. The van der Waals surface area contributed by atoms with Crippen molar-refractivity contribution in [1.29, 1.82) is 0 Å². The summed E-state index contributed by atoms with van der Waals surface area (Å²) >= 11 is 0. The van der Waals surface area contributed by atoms with Gasteiger partial charge in [0.25, 0.3) is 5.89 Å². The van der Waals surface area contributed by atoms with Gasteiger partial charge in [0, 0.05) is 23.9 Å². The third kappa shape index (κ3) is 3.91. The number of carbonyl (C=O) groups is 1. The highest BCUT2D eigenvalue weighted by Crippen LogP contribution is 2.34. The largest absolute Gasteiger partial charge is 0.435 e. The van der Waals surface area contributed by atoms with Gasteiger partial charge in [0.05, 0.1) is 5.69 Å². The van der Waals surface area contributed by atoms with E-state index in [-0.39, 0.29) is 24.1 Å². The number of carbonyl (C=O) groups excluding carboxylic acids is 1. The van der Waals surface area contributed by atoms with E-state index >= 15 is 0 Å². The van der Waals surface area contributed by atoms with Gasteiger partial charge in [0.1, 0.15) is 11.7 Å². The van der Waals surface area contributed by atoms with Gasteiger partial charge in [0.2, 0.25) is 5.91 Å². The van der Waals surface area contributed by atoms with Crippen LogP contribution in [0.2, 0.25) is 0 Å². The summed E-state index contributed by atoms with van der Waals surface area (Å²) in [5.74, 6) is -0.605. The van der Waals surface area contributed by atoms with Gasteiger partial charge in [-0.15, -0.1) is 5.10 Å². The van der Waals surface area contributed by atoms with E-state index in [1.54, 1.807) is 48.5 Å². The number of hydrogen-bond donors (Lipinski definition) is 3. The molecule has 4 bridgehead atoms. The van der Waals surface area contributed by atoms with Gasteiger partial charge in [-0.1, -0.05) is 35.4 Å². The molecule has 0 spiro atoms. The first kappa shape index (κ1) is 20.7. The molecular formula is C21H16F3N7O2. The Morgan fingerprint density at radius 1 is 1.09 bits per heavy atom. The molecule has 2 aromatic heterocycles. The molecule has 12 heteroatoms. The predicted molar refractivity (Wildman–Crippen MR) is 110 cm³/mol. The van der Waals surface area contributed by atoms with E-state index in [2.05, 4.69) is 25.9 Å². The Kier molecular flexibility index (Phi) is 4.86. The molecule has 1 aliphatic rings. The number of nitrogens with zero attached hydrogens (tertiary/aromatic N) is 4. The highest BCUT2D eigenvalue weighted by Gasteiger charge is 2.36. The first-order valence-electron chi connectivity index (χ1n) is 9.79. The molecule has 168 valence electrons. The van der Waals surface area contributed by atoms with Crippen molar-refractivity contribution in [1.82, 2.24) is 25.3 Å². The third-order valence-electron chi connectivity index (χ3n) is 5.09. The number of rotatable bonds is 0. The fourth-order valence-corrected chi connectivity index (χ4v) is 3.48. The highest BCUT2D eigenvalue weighted by molar-refractivity contribution is 5.85. The zero-order valence-electron chi connectivity index (χ0n) is 16.8. The first-order chi connectivity index (χ1) is 15.8. The summed E-state index contributed by atoms with van der Waals surface area (Å²) in [6, 6.07) is 13.1. The van der Waals surface area contributed by atoms with Crippen LogP contribution in [0.4, 0.5) is 24.9 Å². The van der Waals surface area contributed by atoms with Gasteiger partial charge >= 0.3 is 12.2 Å². The van der Waals surface area contributed by atoms with Crippen molar-refractivity contribution in [2.45, 2.75) is 18.8 Å². The second-order valence-corrected chi connectivity index (χ2v) is 7.31. The summed E-state index contributed by atoms with van der Waals surface area (Å²) in [6.45, 7) is 0.114. The molecule has 0 fully saturated rings. The standard InChI is InChI=1S/C21H16F3N7O2/c22-21(23,24)16-9-15-19-28-29-20(33-19)27-14-7-2-1-6-13(14)17(25)18(32)26-10-11-4-3-5-12(8-11)31(15)30-16/h1-9,17H,10,25H2,(H,26,32)(H,27,29)/t17-/m0/s1. The lowest BCUT2D eigenvalue weighted by molar-refractivity contribution is -0.141. The fraction of sp³-hybridized carbons (Fsp3) is 0.143. The van der Waals surface area contributed by atoms with Crippen molar-refractivity contribution in [3.63, 3.8) is 0 Å². The first-order valence-corrected chi connectivity index (χ1v) is 9.79. The third-order valence-corrected chi connectivity index (χ3v) is 5.09. The highest BCUT2D eigenvalue weighted by atomic mass is 19.4. The lowest BCUT2D eigenvalue weighted by Crippen LogP contribution is -2.34.